The van der Waals surface area contributed by atoms with Gasteiger partial charge in [-0.05, 0) is 30.9 Å². The first-order chi connectivity index (χ1) is 15.1. The maximum absolute atomic E-state index is 13.4. The van der Waals surface area contributed by atoms with Crippen molar-refractivity contribution in [1.82, 2.24) is 24.5 Å². The van der Waals surface area contributed by atoms with Crippen molar-refractivity contribution < 1.29 is 18.0 Å². The van der Waals surface area contributed by atoms with Crippen LogP contribution in [0.1, 0.15) is 48.9 Å². The van der Waals surface area contributed by atoms with Crippen molar-refractivity contribution in [1.29, 1.82) is 0 Å². The van der Waals surface area contributed by atoms with E-state index in [1.165, 1.54) is 15.6 Å². The van der Waals surface area contributed by atoms with Crippen LogP contribution in [0.15, 0.2) is 41.3 Å². The second-order valence-corrected chi connectivity index (χ2v) is 8.50. The summed E-state index contributed by atoms with van der Waals surface area (Å²) in [6, 6.07) is 7.43. The third-order valence-corrected chi connectivity index (χ3v) is 5.57. The fourth-order valence-corrected chi connectivity index (χ4v) is 4.06. The first kappa shape index (κ1) is 22.0. The lowest BCUT2D eigenvalue weighted by atomic mass is 10.0. The normalized spacial score (nSPS) is 17.3. The first-order valence-electron chi connectivity index (χ1n) is 10.6. The minimum Gasteiger partial charge on any atom is -0.335 e. The van der Waals surface area contributed by atoms with Gasteiger partial charge in [0.1, 0.15) is 0 Å². The number of carbonyl (C=O) groups is 1. The van der Waals surface area contributed by atoms with E-state index in [1.54, 1.807) is 29.2 Å². The third kappa shape index (κ3) is 4.26. The molecule has 0 unspecified atom stereocenters. The lowest BCUT2D eigenvalue weighted by Crippen LogP contribution is -2.42. The third-order valence-electron chi connectivity index (χ3n) is 5.57. The maximum Gasteiger partial charge on any atom is 0.435 e. The predicted molar refractivity (Wildman–Crippen MR) is 112 cm³/mol. The monoisotopic (exact) mass is 447 g/mol. The van der Waals surface area contributed by atoms with E-state index >= 15 is 0 Å². The molecule has 0 bridgehead atoms. The summed E-state index contributed by atoms with van der Waals surface area (Å²) < 4.78 is 41.4. The second kappa shape index (κ2) is 8.40. The zero-order valence-corrected chi connectivity index (χ0v) is 17.8. The molecule has 0 N–H and O–H groups in total. The van der Waals surface area contributed by atoms with Gasteiger partial charge in [-0.15, -0.1) is 0 Å². The van der Waals surface area contributed by atoms with Crippen molar-refractivity contribution in [3.8, 4) is 0 Å². The summed E-state index contributed by atoms with van der Waals surface area (Å²) in [5.74, 6) is -0.182. The number of carbonyl (C=O) groups excluding carboxylic acids is 1. The molecule has 1 aliphatic rings. The van der Waals surface area contributed by atoms with Gasteiger partial charge in [-0.2, -0.15) is 23.4 Å². The Labute approximate surface area is 182 Å². The highest BCUT2D eigenvalue weighted by Gasteiger charge is 2.35. The van der Waals surface area contributed by atoms with Crippen molar-refractivity contribution in [3.05, 3.63) is 58.3 Å². The topological polar surface area (TPSA) is 73.0 Å². The van der Waals surface area contributed by atoms with Crippen LogP contribution < -0.4 is 5.56 Å². The fourth-order valence-electron chi connectivity index (χ4n) is 4.06. The molecule has 1 aromatic carbocycles. The molecule has 1 fully saturated rings. The van der Waals surface area contributed by atoms with Crippen LogP contribution in [0.25, 0.3) is 10.8 Å². The van der Waals surface area contributed by atoms with Crippen LogP contribution in [-0.4, -0.2) is 43.5 Å². The molecule has 1 amide bonds. The number of nitrogens with zero attached hydrogens (tertiary/aromatic N) is 5. The lowest BCUT2D eigenvalue weighted by Gasteiger charge is -2.33. The molecule has 2 aromatic heterocycles. The molecule has 10 heteroatoms. The zero-order valence-electron chi connectivity index (χ0n) is 17.8. The van der Waals surface area contributed by atoms with Crippen LogP contribution in [0, 0.1) is 5.92 Å². The van der Waals surface area contributed by atoms with E-state index in [2.05, 4.69) is 10.2 Å². The van der Waals surface area contributed by atoms with Crippen molar-refractivity contribution >= 4 is 16.7 Å². The molecule has 170 valence electrons. The molecule has 0 radical (unpaired) electrons. The van der Waals surface area contributed by atoms with Gasteiger partial charge in [-0.1, -0.05) is 32.0 Å². The van der Waals surface area contributed by atoms with Crippen molar-refractivity contribution in [3.63, 3.8) is 0 Å². The van der Waals surface area contributed by atoms with Crippen LogP contribution in [-0.2, 0) is 12.7 Å². The Morgan fingerprint density at radius 1 is 1.16 bits per heavy atom. The molecular formula is C22H24F3N5O2. The molecule has 1 saturated heterocycles. The van der Waals surface area contributed by atoms with E-state index in [1.807, 2.05) is 13.8 Å². The molecule has 32 heavy (non-hydrogen) atoms. The number of benzene rings is 1. The SMILES string of the molecule is CC(C)Cn1nc(C(=O)N2CCC[C@H](n3ccc(C(F)(F)F)n3)C2)c2ccccc2c1=O. The number of rotatable bonds is 4. The van der Waals surface area contributed by atoms with Gasteiger partial charge < -0.3 is 4.90 Å². The molecule has 4 rings (SSSR count). The highest BCUT2D eigenvalue weighted by Crippen LogP contribution is 2.29. The van der Waals surface area contributed by atoms with Crippen molar-refractivity contribution in [2.45, 2.75) is 45.5 Å². The summed E-state index contributed by atoms with van der Waals surface area (Å²) in [6.07, 6.45) is -1.97. The average molecular weight is 447 g/mol. The van der Waals surface area contributed by atoms with E-state index < -0.39 is 11.9 Å². The Balaban J connectivity index is 1.66. The summed E-state index contributed by atoms with van der Waals surface area (Å²) in [5, 5.41) is 8.96. The summed E-state index contributed by atoms with van der Waals surface area (Å²) in [5.41, 5.74) is -1.02. The molecule has 1 aliphatic heterocycles. The minimum absolute atomic E-state index is 0.159. The summed E-state index contributed by atoms with van der Waals surface area (Å²) in [6.45, 7) is 4.97. The Hall–Kier alpha value is -3.17. The molecule has 7 nitrogen and oxygen atoms in total. The van der Waals surface area contributed by atoms with Crippen LogP contribution >= 0.6 is 0 Å². The molecular weight excluding hydrogens is 423 g/mol. The van der Waals surface area contributed by atoms with E-state index in [-0.39, 0.29) is 35.7 Å². The number of fused-ring (bicyclic) bond motifs is 1. The number of amides is 1. The Bertz CT molecular complexity index is 1200. The summed E-state index contributed by atoms with van der Waals surface area (Å²) in [7, 11) is 0. The van der Waals surface area contributed by atoms with Gasteiger partial charge in [-0.3, -0.25) is 14.3 Å². The number of likely N-dealkylation sites (tertiary alicyclic amines) is 1. The number of alkyl halides is 3. The van der Waals surface area contributed by atoms with Crippen LogP contribution in [0.3, 0.4) is 0 Å². The van der Waals surface area contributed by atoms with Gasteiger partial charge in [-0.25, -0.2) is 4.68 Å². The van der Waals surface area contributed by atoms with Crippen LogP contribution in [0.5, 0.6) is 0 Å². The van der Waals surface area contributed by atoms with Gasteiger partial charge in [0.15, 0.2) is 11.4 Å². The van der Waals surface area contributed by atoms with Crippen molar-refractivity contribution in [2.75, 3.05) is 13.1 Å². The van der Waals surface area contributed by atoms with Gasteiger partial charge in [0.25, 0.3) is 11.5 Å². The Kier molecular flexibility index (Phi) is 5.79. The average Bonchev–Trinajstić information content (AvgIpc) is 3.26. The summed E-state index contributed by atoms with van der Waals surface area (Å²) >= 11 is 0. The number of aromatic nitrogens is 4. The zero-order chi connectivity index (χ0) is 23.0. The van der Waals surface area contributed by atoms with E-state index in [0.717, 1.165) is 6.07 Å². The predicted octanol–water partition coefficient (Wildman–Crippen LogP) is 3.75. The largest absolute Gasteiger partial charge is 0.435 e. The maximum atomic E-state index is 13.4. The van der Waals surface area contributed by atoms with Gasteiger partial charge in [0.2, 0.25) is 0 Å². The molecule has 0 spiro atoms. The lowest BCUT2D eigenvalue weighted by molar-refractivity contribution is -0.141. The molecule has 3 aromatic rings. The number of piperidine rings is 1. The quantitative estimate of drug-likeness (QED) is 0.611. The number of hydrogen-bond acceptors (Lipinski definition) is 4. The minimum atomic E-state index is -4.51. The highest BCUT2D eigenvalue weighted by atomic mass is 19.4. The molecule has 1 atom stereocenters. The van der Waals surface area contributed by atoms with Gasteiger partial charge in [0.05, 0.1) is 11.4 Å². The second-order valence-electron chi connectivity index (χ2n) is 8.50. The van der Waals surface area contributed by atoms with E-state index in [9.17, 15) is 22.8 Å². The van der Waals surface area contributed by atoms with Crippen molar-refractivity contribution in [2.24, 2.45) is 5.92 Å². The van der Waals surface area contributed by atoms with Crippen LogP contribution in [0.4, 0.5) is 13.2 Å². The Morgan fingerprint density at radius 2 is 1.88 bits per heavy atom. The van der Waals surface area contributed by atoms with E-state index in [4.69, 9.17) is 0 Å². The van der Waals surface area contributed by atoms with Gasteiger partial charge in [0, 0.05) is 31.2 Å². The first-order valence-corrected chi connectivity index (χ1v) is 10.6. The number of halogens is 3. The summed E-state index contributed by atoms with van der Waals surface area (Å²) in [4.78, 5) is 27.8. The standard InChI is InChI=1S/C22H24F3N5O2/c1-14(2)12-30-20(31)17-8-4-3-7-16(17)19(27-30)21(32)28-10-5-6-15(13-28)29-11-9-18(26-29)22(23,24)25/h3-4,7-9,11,14-15H,5-6,10,12-13H2,1-2H3/t15-/m0/s1. The molecule has 3 heterocycles. The van der Waals surface area contributed by atoms with E-state index in [0.29, 0.717) is 36.7 Å². The smallest absolute Gasteiger partial charge is 0.335 e. The molecule has 0 saturated carbocycles. The van der Waals surface area contributed by atoms with Gasteiger partial charge >= 0.3 is 6.18 Å². The highest BCUT2D eigenvalue weighted by molar-refractivity contribution is 6.04. The number of hydrogen-bond donors (Lipinski definition) is 0. The van der Waals surface area contributed by atoms with Crippen LogP contribution in [0.2, 0.25) is 0 Å². The fraction of sp³-hybridized carbons (Fsp3) is 0.455. The Morgan fingerprint density at radius 3 is 2.53 bits per heavy atom. The molecule has 0 aliphatic carbocycles.